The summed E-state index contributed by atoms with van der Waals surface area (Å²) in [6.07, 6.45) is 2.15. The van der Waals surface area contributed by atoms with Gasteiger partial charge in [-0.05, 0) is 64.3 Å². The Morgan fingerprint density at radius 2 is 2.00 bits per heavy atom. The van der Waals surface area contributed by atoms with E-state index in [1.54, 1.807) is 0 Å². The van der Waals surface area contributed by atoms with Crippen molar-refractivity contribution in [2.75, 3.05) is 19.8 Å². The van der Waals surface area contributed by atoms with Gasteiger partial charge in [-0.15, -0.1) is 0 Å². The van der Waals surface area contributed by atoms with Gasteiger partial charge >= 0.3 is 0 Å². The molecule has 1 heterocycles. The van der Waals surface area contributed by atoms with E-state index in [9.17, 15) is 0 Å². The molecule has 0 fully saturated rings. The first-order valence-corrected chi connectivity index (χ1v) is 7.32. The summed E-state index contributed by atoms with van der Waals surface area (Å²) in [7, 11) is 0. The number of rotatable bonds is 8. The van der Waals surface area contributed by atoms with Gasteiger partial charge in [0.15, 0.2) is 0 Å². The van der Waals surface area contributed by atoms with Crippen LogP contribution in [0, 0.1) is 20.8 Å². The summed E-state index contributed by atoms with van der Waals surface area (Å²) < 4.78 is 5.48. The lowest BCUT2D eigenvalue weighted by atomic mass is 10.0. The molecular formula is C16H28N2O. The van der Waals surface area contributed by atoms with E-state index < -0.39 is 0 Å². The maximum atomic E-state index is 5.48. The smallest absolute Gasteiger partial charge is 0.0478 e. The fourth-order valence-corrected chi connectivity index (χ4v) is 2.53. The number of nitrogens with zero attached hydrogens (tertiary/aromatic N) is 1. The van der Waals surface area contributed by atoms with Gasteiger partial charge in [0.1, 0.15) is 0 Å². The number of nitrogens with one attached hydrogen (secondary N) is 1. The second-order valence-corrected chi connectivity index (χ2v) is 5.22. The van der Waals surface area contributed by atoms with Crippen LogP contribution in [0.4, 0.5) is 0 Å². The van der Waals surface area contributed by atoms with E-state index in [0.29, 0.717) is 6.04 Å². The van der Waals surface area contributed by atoms with E-state index in [0.717, 1.165) is 44.0 Å². The number of aryl methyl sites for hydroxylation is 3. The second kappa shape index (κ2) is 8.28. The fourth-order valence-electron chi connectivity index (χ4n) is 2.53. The van der Waals surface area contributed by atoms with Crippen molar-refractivity contribution in [3.05, 3.63) is 28.6 Å². The molecule has 19 heavy (non-hydrogen) atoms. The Hall–Kier alpha value is -0.930. The summed E-state index contributed by atoms with van der Waals surface area (Å²) in [6.45, 7) is 13.4. The van der Waals surface area contributed by atoms with Crippen LogP contribution < -0.4 is 5.32 Å². The zero-order chi connectivity index (χ0) is 14.3. The minimum atomic E-state index is 0.347. The number of pyridine rings is 1. The molecule has 1 rings (SSSR count). The molecule has 0 spiro atoms. The van der Waals surface area contributed by atoms with Crippen LogP contribution in [0.2, 0.25) is 0 Å². The number of aromatic nitrogens is 1. The monoisotopic (exact) mass is 264 g/mol. The number of hydrogen-bond donors (Lipinski definition) is 1. The maximum Gasteiger partial charge on any atom is 0.0478 e. The molecule has 0 aliphatic rings. The van der Waals surface area contributed by atoms with Crippen LogP contribution in [0.3, 0.4) is 0 Å². The topological polar surface area (TPSA) is 34.1 Å². The summed E-state index contributed by atoms with van der Waals surface area (Å²) in [6, 6.07) is 2.50. The third-order valence-electron chi connectivity index (χ3n) is 3.28. The molecule has 0 saturated carbocycles. The molecule has 0 aromatic carbocycles. The van der Waals surface area contributed by atoms with Crippen molar-refractivity contribution in [1.82, 2.24) is 10.3 Å². The Bertz CT molecular complexity index is 367. The summed E-state index contributed by atoms with van der Waals surface area (Å²) in [5.41, 5.74) is 4.89. The summed E-state index contributed by atoms with van der Waals surface area (Å²) >= 11 is 0. The molecule has 0 saturated heterocycles. The van der Waals surface area contributed by atoms with E-state index in [4.69, 9.17) is 4.74 Å². The predicted octanol–water partition coefficient (Wildman–Crippen LogP) is 3.47. The van der Waals surface area contributed by atoms with Crippen LogP contribution in [0.25, 0.3) is 0 Å². The van der Waals surface area contributed by atoms with Crippen molar-refractivity contribution in [3.8, 4) is 0 Å². The van der Waals surface area contributed by atoms with Crippen LogP contribution in [0.5, 0.6) is 0 Å². The minimum absolute atomic E-state index is 0.347. The molecule has 1 aromatic heterocycles. The number of ether oxygens (including phenoxy) is 1. The highest BCUT2D eigenvalue weighted by molar-refractivity contribution is 5.33. The largest absolute Gasteiger partial charge is 0.381 e. The third kappa shape index (κ3) is 5.29. The van der Waals surface area contributed by atoms with Crippen LogP contribution >= 0.6 is 0 Å². The van der Waals surface area contributed by atoms with Gasteiger partial charge in [0.05, 0.1) is 0 Å². The average Bonchev–Trinajstić information content (AvgIpc) is 2.32. The van der Waals surface area contributed by atoms with E-state index in [1.807, 2.05) is 6.92 Å². The highest BCUT2D eigenvalue weighted by Crippen LogP contribution is 2.20. The van der Waals surface area contributed by atoms with Gasteiger partial charge in [0, 0.05) is 30.6 Å². The molecule has 3 heteroatoms. The van der Waals surface area contributed by atoms with Gasteiger partial charge in [-0.25, -0.2) is 0 Å². The van der Waals surface area contributed by atoms with Crippen LogP contribution in [0.1, 0.15) is 55.2 Å². The van der Waals surface area contributed by atoms with Crippen molar-refractivity contribution in [2.24, 2.45) is 0 Å². The first-order chi connectivity index (χ1) is 9.06. The quantitative estimate of drug-likeness (QED) is 0.730. The van der Waals surface area contributed by atoms with Gasteiger partial charge in [0.2, 0.25) is 0 Å². The molecule has 0 amide bonds. The second-order valence-electron chi connectivity index (χ2n) is 5.22. The van der Waals surface area contributed by atoms with Gasteiger partial charge in [-0.3, -0.25) is 4.98 Å². The lowest BCUT2D eigenvalue weighted by Crippen LogP contribution is -2.23. The van der Waals surface area contributed by atoms with Crippen LogP contribution in [0.15, 0.2) is 6.07 Å². The molecule has 1 atom stereocenters. The molecule has 0 bridgehead atoms. The van der Waals surface area contributed by atoms with Crippen LogP contribution in [-0.2, 0) is 4.74 Å². The summed E-state index contributed by atoms with van der Waals surface area (Å²) in [5.74, 6) is 0. The predicted molar refractivity (Wildman–Crippen MR) is 80.6 cm³/mol. The van der Waals surface area contributed by atoms with Crippen molar-refractivity contribution >= 4 is 0 Å². The molecule has 1 N–H and O–H groups in total. The average molecular weight is 264 g/mol. The fraction of sp³-hybridized carbons (Fsp3) is 0.688. The van der Waals surface area contributed by atoms with E-state index in [1.165, 1.54) is 11.1 Å². The third-order valence-corrected chi connectivity index (χ3v) is 3.28. The Balaban J connectivity index is 2.43. The van der Waals surface area contributed by atoms with E-state index >= 15 is 0 Å². The van der Waals surface area contributed by atoms with Crippen molar-refractivity contribution in [1.29, 1.82) is 0 Å². The first kappa shape index (κ1) is 16.1. The molecule has 3 nitrogen and oxygen atoms in total. The molecule has 1 aromatic rings. The minimum Gasteiger partial charge on any atom is -0.381 e. The lowest BCUT2D eigenvalue weighted by Gasteiger charge is -2.19. The van der Waals surface area contributed by atoms with Gasteiger partial charge in [-0.2, -0.15) is 0 Å². The Morgan fingerprint density at radius 3 is 2.63 bits per heavy atom. The first-order valence-electron chi connectivity index (χ1n) is 7.32. The van der Waals surface area contributed by atoms with Gasteiger partial charge in [0.25, 0.3) is 0 Å². The molecule has 0 aliphatic carbocycles. The summed E-state index contributed by atoms with van der Waals surface area (Å²) in [5, 5.41) is 3.56. The highest BCUT2D eigenvalue weighted by Gasteiger charge is 2.12. The molecule has 0 aliphatic heterocycles. The highest BCUT2D eigenvalue weighted by atomic mass is 16.5. The summed E-state index contributed by atoms with van der Waals surface area (Å²) in [4.78, 5) is 4.56. The lowest BCUT2D eigenvalue weighted by molar-refractivity contribution is 0.132. The standard InChI is InChI=1S/C16H28N2O/c1-6-9-19-10-7-8-17-14(4)16-12(2)11-13(3)18-15(16)5/h11,14,17H,6-10H2,1-5H3. The SMILES string of the molecule is CCCOCCCNC(C)c1c(C)cc(C)nc1C. The Morgan fingerprint density at radius 1 is 1.26 bits per heavy atom. The number of hydrogen-bond acceptors (Lipinski definition) is 3. The zero-order valence-corrected chi connectivity index (χ0v) is 13.0. The Labute approximate surface area is 117 Å². The van der Waals surface area contributed by atoms with E-state index in [2.05, 4.69) is 44.1 Å². The van der Waals surface area contributed by atoms with E-state index in [-0.39, 0.29) is 0 Å². The van der Waals surface area contributed by atoms with Crippen LogP contribution in [-0.4, -0.2) is 24.7 Å². The molecule has 0 radical (unpaired) electrons. The van der Waals surface area contributed by atoms with Gasteiger partial charge in [-0.1, -0.05) is 6.92 Å². The Kier molecular flexibility index (Phi) is 7.03. The molecule has 1 unspecified atom stereocenters. The molecular weight excluding hydrogens is 236 g/mol. The van der Waals surface area contributed by atoms with Crippen molar-refractivity contribution < 1.29 is 4.74 Å². The molecule has 108 valence electrons. The zero-order valence-electron chi connectivity index (χ0n) is 13.0. The maximum absolute atomic E-state index is 5.48. The van der Waals surface area contributed by atoms with Crippen molar-refractivity contribution in [2.45, 2.75) is 53.5 Å². The van der Waals surface area contributed by atoms with Crippen molar-refractivity contribution in [3.63, 3.8) is 0 Å². The normalized spacial score (nSPS) is 12.7. The van der Waals surface area contributed by atoms with Gasteiger partial charge < -0.3 is 10.1 Å².